The molecule has 1 saturated carbocycles. The lowest BCUT2D eigenvalue weighted by atomic mass is 10.0. The summed E-state index contributed by atoms with van der Waals surface area (Å²) in [5, 5.41) is 3.55. The summed E-state index contributed by atoms with van der Waals surface area (Å²) in [5.41, 5.74) is 0.569. The summed E-state index contributed by atoms with van der Waals surface area (Å²) in [6, 6.07) is 0.630. The third-order valence-corrected chi connectivity index (χ3v) is 4.16. The molecule has 1 heterocycles. The molecule has 0 amide bonds. The Morgan fingerprint density at radius 3 is 2.94 bits per heavy atom. The van der Waals surface area contributed by atoms with Crippen LogP contribution in [0.5, 0.6) is 0 Å². The molecule has 1 saturated heterocycles. The lowest BCUT2D eigenvalue weighted by molar-refractivity contribution is 0.0891. The molecule has 0 radical (unpaired) electrons. The van der Waals surface area contributed by atoms with Gasteiger partial charge in [-0.3, -0.25) is 0 Å². The maximum Gasteiger partial charge on any atom is 0.0591 e. The van der Waals surface area contributed by atoms with Gasteiger partial charge in [-0.1, -0.05) is 6.92 Å². The second-order valence-electron chi connectivity index (χ2n) is 5.63. The maximum absolute atomic E-state index is 5.66. The van der Waals surface area contributed by atoms with Crippen LogP contribution in [0.2, 0.25) is 0 Å². The van der Waals surface area contributed by atoms with Crippen LogP contribution in [0, 0.1) is 11.3 Å². The molecule has 0 spiro atoms. The average molecular weight is 227 g/mol. The van der Waals surface area contributed by atoms with Crippen LogP contribution in [0.3, 0.4) is 0 Å². The first-order chi connectivity index (χ1) is 7.71. The molecule has 0 aromatic carbocycles. The first-order valence-corrected chi connectivity index (χ1v) is 6.59. The number of ether oxygens (including phenoxy) is 2. The van der Waals surface area contributed by atoms with E-state index in [1.54, 1.807) is 0 Å². The molecule has 0 bridgehead atoms. The molecule has 94 valence electrons. The zero-order valence-corrected chi connectivity index (χ0v) is 10.6. The van der Waals surface area contributed by atoms with Gasteiger partial charge in [-0.15, -0.1) is 0 Å². The fourth-order valence-corrected chi connectivity index (χ4v) is 2.19. The predicted molar refractivity (Wildman–Crippen MR) is 64.6 cm³/mol. The Hall–Kier alpha value is -0.120. The quantitative estimate of drug-likeness (QED) is 0.673. The van der Waals surface area contributed by atoms with E-state index in [0.717, 1.165) is 33.0 Å². The van der Waals surface area contributed by atoms with E-state index in [2.05, 4.69) is 19.2 Å². The van der Waals surface area contributed by atoms with Gasteiger partial charge in [0.15, 0.2) is 0 Å². The van der Waals surface area contributed by atoms with Gasteiger partial charge in [0.25, 0.3) is 0 Å². The highest BCUT2D eigenvalue weighted by Gasteiger charge is 2.41. The van der Waals surface area contributed by atoms with Crippen LogP contribution in [0.15, 0.2) is 0 Å². The maximum atomic E-state index is 5.66. The van der Waals surface area contributed by atoms with E-state index in [1.165, 1.54) is 19.3 Å². The van der Waals surface area contributed by atoms with Gasteiger partial charge in [-0.25, -0.2) is 0 Å². The minimum Gasteiger partial charge on any atom is -0.381 e. The van der Waals surface area contributed by atoms with Crippen molar-refractivity contribution in [3.8, 4) is 0 Å². The van der Waals surface area contributed by atoms with Crippen molar-refractivity contribution in [2.45, 2.75) is 39.2 Å². The average Bonchev–Trinajstić information content (AvgIpc) is 2.81. The molecule has 3 heteroatoms. The summed E-state index contributed by atoms with van der Waals surface area (Å²) in [7, 11) is 0. The highest BCUT2D eigenvalue weighted by atomic mass is 16.5. The standard InChI is InChI=1S/C13H25NO2/c1-11(13(2)4-5-13)14-6-8-16-10-12-3-7-15-9-12/h11-12,14H,3-10H2,1-2H3. The molecule has 0 aromatic heterocycles. The van der Waals surface area contributed by atoms with Crippen molar-refractivity contribution in [1.29, 1.82) is 0 Å². The van der Waals surface area contributed by atoms with Gasteiger partial charge >= 0.3 is 0 Å². The van der Waals surface area contributed by atoms with E-state index >= 15 is 0 Å². The van der Waals surface area contributed by atoms with Crippen molar-refractivity contribution >= 4 is 0 Å². The minimum absolute atomic E-state index is 0.569. The Morgan fingerprint density at radius 2 is 2.31 bits per heavy atom. The topological polar surface area (TPSA) is 30.5 Å². The normalized spacial score (nSPS) is 29.2. The fourth-order valence-electron chi connectivity index (χ4n) is 2.19. The summed E-state index contributed by atoms with van der Waals surface area (Å²) in [4.78, 5) is 0. The third-order valence-electron chi connectivity index (χ3n) is 4.16. The van der Waals surface area contributed by atoms with Gasteiger partial charge in [-0.05, 0) is 31.6 Å². The van der Waals surface area contributed by atoms with E-state index in [1.807, 2.05) is 0 Å². The summed E-state index contributed by atoms with van der Waals surface area (Å²) < 4.78 is 11.0. The van der Waals surface area contributed by atoms with E-state index in [0.29, 0.717) is 17.4 Å². The van der Waals surface area contributed by atoms with Crippen LogP contribution in [-0.4, -0.2) is 39.0 Å². The first-order valence-electron chi connectivity index (χ1n) is 6.59. The summed E-state index contributed by atoms with van der Waals surface area (Å²) in [6.07, 6.45) is 3.92. The molecular weight excluding hydrogens is 202 g/mol. The third kappa shape index (κ3) is 3.44. The van der Waals surface area contributed by atoms with Gasteiger partial charge in [0.05, 0.1) is 19.8 Å². The summed E-state index contributed by atoms with van der Waals surface area (Å²) in [5.74, 6) is 0.637. The zero-order chi connectivity index (χ0) is 11.4. The van der Waals surface area contributed by atoms with E-state index in [-0.39, 0.29) is 0 Å². The van der Waals surface area contributed by atoms with Crippen molar-refractivity contribution < 1.29 is 9.47 Å². The van der Waals surface area contributed by atoms with Gasteiger partial charge in [-0.2, -0.15) is 0 Å². The second kappa shape index (κ2) is 5.48. The Labute approximate surface area is 98.9 Å². The zero-order valence-electron chi connectivity index (χ0n) is 10.6. The van der Waals surface area contributed by atoms with Crippen LogP contribution in [-0.2, 0) is 9.47 Å². The molecular formula is C13H25NO2. The smallest absolute Gasteiger partial charge is 0.0591 e. The molecule has 16 heavy (non-hydrogen) atoms. The van der Waals surface area contributed by atoms with Crippen LogP contribution in [0.1, 0.15) is 33.1 Å². The lowest BCUT2D eigenvalue weighted by Crippen LogP contribution is -2.35. The Bertz CT molecular complexity index is 210. The molecule has 2 aliphatic rings. The van der Waals surface area contributed by atoms with E-state index in [9.17, 15) is 0 Å². The summed E-state index contributed by atoms with van der Waals surface area (Å²) in [6.45, 7) is 9.14. The molecule has 2 fully saturated rings. The molecule has 1 N–H and O–H groups in total. The number of hydrogen-bond acceptors (Lipinski definition) is 3. The molecule has 3 nitrogen and oxygen atoms in total. The van der Waals surface area contributed by atoms with Gasteiger partial charge in [0.1, 0.15) is 0 Å². The number of nitrogens with one attached hydrogen (secondary N) is 1. The van der Waals surface area contributed by atoms with Gasteiger partial charge < -0.3 is 14.8 Å². The first kappa shape index (κ1) is 12.3. The molecule has 1 aliphatic heterocycles. The molecule has 2 atom stereocenters. The van der Waals surface area contributed by atoms with Crippen molar-refractivity contribution in [2.24, 2.45) is 11.3 Å². The fraction of sp³-hybridized carbons (Fsp3) is 1.00. The predicted octanol–water partition coefficient (Wildman–Crippen LogP) is 1.82. The highest BCUT2D eigenvalue weighted by Crippen LogP contribution is 2.47. The summed E-state index contributed by atoms with van der Waals surface area (Å²) >= 11 is 0. The lowest BCUT2D eigenvalue weighted by Gasteiger charge is -2.20. The SMILES string of the molecule is CC(NCCOCC1CCOC1)C1(C)CC1. The molecule has 2 unspecified atom stereocenters. The van der Waals surface area contributed by atoms with Gasteiger partial charge in [0.2, 0.25) is 0 Å². The Balaban J connectivity index is 1.45. The van der Waals surface area contributed by atoms with Crippen molar-refractivity contribution in [1.82, 2.24) is 5.32 Å². The van der Waals surface area contributed by atoms with Crippen molar-refractivity contribution in [3.63, 3.8) is 0 Å². The molecule has 2 rings (SSSR count). The molecule has 0 aromatic rings. The minimum atomic E-state index is 0.569. The second-order valence-corrected chi connectivity index (χ2v) is 5.63. The highest BCUT2D eigenvalue weighted by molar-refractivity contribution is 4.96. The largest absolute Gasteiger partial charge is 0.381 e. The molecule has 1 aliphatic carbocycles. The van der Waals surface area contributed by atoms with Crippen LogP contribution < -0.4 is 5.32 Å². The van der Waals surface area contributed by atoms with Crippen molar-refractivity contribution in [3.05, 3.63) is 0 Å². The van der Waals surface area contributed by atoms with Crippen LogP contribution in [0.4, 0.5) is 0 Å². The van der Waals surface area contributed by atoms with Crippen LogP contribution >= 0.6 is 0 Å². The van der Waals surface area contributed by atoms with Crippen LogP contribution in [0.25, 0.3) is 0 Å². The van der Waals surface area contributed by atoms with Gasteiger partial charge in [0, 0.05) is 25.1 Å². The monoisotopic (exact) mass is 227 g/mol. The Kier molecular flexibility index (Phi) is 4.22. The van der Waals surface area contributed by atoms with E-state index in [4.69, 9.17) is 9.47 Å². The van der Waals surface area contributed by atoms with E-state index < -0.39 is 0 Å². The number of hydrogen-bond donors (Lipinski definition) is 1. The number of rotatable bonds is 7. The Morgan fingerprint density at radius 1 is 1.50 bits per heavy atom. The van der Waals surface area contributed by atoms with Crippen molar-refractivity contribution in [2.75, 3.05) is 33.0 Å².